The van der Waals surface area contributed by atoms with Crippen molar-refractivity contribution in [1.82, 2.24) is 4.90 Å². The lowest BCUT2D eigenvalue weighted by Gasteiger charge is -2.32. The van der Waals surface area contributed by atoms with Gasteiger partial charge < -0.3 is 5.73 Å². The first-order chi connectivity index (χ1) is 7.97. The number of rotatable bonds is 5. The molecule has 1 heterocycles. The Morgan fingerprint density at radius 2 is 2.18 bits per heavy atom. The summed E-state index contributed by atoms with van der Waals surface area (Å²) in [5.74, 6) is 0. The van der Waals surface area contributed by atoms with Gasteiger partial charge in [-0.15, -0.1) is 0 Å². The fourth-order valence-corrected chi connectivity index (χ4v) is 2.59. The minimum Gasteiger partial charge on any atom is -0.326 e. The Kier molecular flexibility index (Phi) is 3.91. The van der Waals surface area contributed by atoms with E-state index < -0.39 is 0 Å². The van der Waals surface area contributed by atoms with Gasteiger partial charge in [0, 0.05) is 25.2 Å². The molecule has 1 aromatic rings. The summed E-state index contributed by atoms with van der Waals surface area (Å²) in [6.45, 7) is 8.77. The Bertz CT molecular complexity index is 336. The van der Waals surface area contributed by atoms with Crippen LogP contribution in [0.3, 0.4) is 0 Å². The highest BCUT2D eigenvalue weighted by molar-refractivity contribution is 7.07. The molecule has 0 bridgehead atoms. The van der Waals surface area contributed by atoms with Crippen molar-refractivity contribution in [2.45, 2.75) is 52.2 Å². The van der Waals surface area contributed by atoms with Crippen LogP contribution in [-0.2, 0) is 6.54 Å². The van der Waals surface area contributed by atoms with Gasteiger partial charge in [0.25, 0.3) is 0 Å². The standard InChI is InChI=1S/C14H24N2S/c1-14(2,3)13(15)9-16(12-4-5-12)8-11-6-7-17-10-11/h6-7,10,12-13H,4-5,8-9,15H2,1-3H3/t13-/m1/s1. The second kappa shape index (κ2) is 5.09. The Hall–Kier alpha value is -0.380. The summed E-state index contributed by atoms with van der Waals surface area (Å²) < 4.78 is 0. The van der Waals surface area contributed by atoms with Crippen molar-refractivity contribution in [3.8, 4) is 0 Å². The molecule has 1 aromatic heterocycles. The normalized spacial score (nSPS) is 18.6. The molecular formula is C14H24N2S. The summed E-state index contributed by atoms with van der Waals surface area (Å²) in [6, 6.07) is 3.26. The molecule has 3 heteroatoms. The number of nitrogens with two attached hydrogens (primary N) is 1. The molecule has 0 spiro atoms. The molecule has 2 nitrogen and oxygen atoms in total. The predicted octanol–water partition coefficient (Wildman–Crippen LogP) is 3.09. The van der Waals surface area contributed by atoms with Crippen LogP contribution in [0, 0.1) is 5.41 Å². The summed E-state index contributed by atoms with van der Waals surface area (Å²) in [7, 11) is 0. The maximum atomic E-state index is 6.31. The lowest BCUT2D eigenvalue weighted by molar-refractivity contribution is 0.185. The van der Waals surface area contributed by atoms with E-state index in [0.29, 0.717) is 0 Å². The van der Waals surface area contributed by atoms with Crippen molar-refractivity contribution in [3.05, 3.63) is 22.4 Å². The van der Waals surface area contributed by atoms with Gasteiger partial charge in [-0.2, -0.15) is 11.3 Å². The van der Waals surface area contributed by atoms with E-state index in [1.807, 2.05) is 0 Å². The number of hydrogen-bond acceptors (Lipinski definition) is 3. The number of nitrogens with zero attached hydrogens (tertiary/aromatic N) is 1. The summed E-state index contributed by atoms with van der Waals surface area (Å²) in [5, 5.41) is 4.40. The van der Waals surface area contributed by atoms with Crippen LogP contribution in [0.25, 0.3) is 0 Å². The highest BCUT2D eigenvalue weighted by Gasteiger charge is 2.32. The van der Waals surface area contributed by atoms with Crippen LogP contribution >= 0.6 is 11.3 Å². The Morgan fingerprint density at radius 1 is 1.47 bits per heavy atom. The molecule has 1 aliphatic carbocycles. The fourth-order valence-electron chi connectivity index (χ4n) is 1.93. The van der Waals surface area contributed by atoms with Crippen LogP contribution in [0.15, 0.2) is 16.8 Å². The number of hydrogen-bond donors (Lipinski definition) is 1. The molecule has 0 unspecified atom stereocenters. The molecule has 1 saturated carbocycles. The maximum Gasteiger partial charge on any atom is 0.0245 e. The van der Waals surface area contributed by atoms with Crippen molar-refractivity contribution in [2.24, 2.45) is 11.1 Å². The van der Waals surface area contributed by atoms with Crippen LogP contribution < -0.4 is 5.73 Å². The first-order valence-corrected chi connectivity index (χ1v) is 7.42. The van der Waals surface area contributed by atoms with Crippen LogP contribution in [0.5, 0.6) is 0 Å². The lowest BCUT2D eigenvalue weighted by atomic mass is 9.87. The van der Waals surface area contributed by atoms with Gasteiger partial charge in [-0.05, 0) is 40.6 Å². The van der Waals surface area contributed by atoms with E-state index in [9.17, 15) is 0 Å². The second-order valence-electron chi connectivity index (χ2n) is 6.26. The molecule has 2 rings (SSSR count). The van der Waals surface area contributed by atoms with E-state index in [1.165, 1.54) is 18.4 Å². The average Bonchev–Trinajstić information content (AvgIpc) is 2.95. The van der Waals surface area contributed by atoms with Gasteiger partial charge in [0.2, 0.25) is 0 Å². The van der Waals surface area contributed by atoms with Crippen molar-refractivity contribution in [1.29, 1.82) is 0 Å². The third-order valence-electron chi connectivity index (χ3n) is 3.57. The summed E-state index contributed by atoms with van der Waals surface area (Å²) in [6.07, 6.45) is 2.70. The zero-order chi connectivity index (χ0) is 12.5. The van der Waals surface area contributed by atoms with Crippen molar-refractivity contribution >= 4 is 11.3 Å². The minimum atomic E-state index is 0.196. The van der Waals surface area contributed by atoms with Crippen LogP contribution in [0.1, 0.15) is 39.2 Å². The van der Waals surface area contributed by atoms with E-state index in [-0.39, 0.29) is 11.5 Å². The zero-order valence-electron chi connectivity index (χ0n) is 11.1. The lowest BCUT2D eigenvalue weighted by Crippen LogP contribution is -2.45. The minimum absolute atomic E-state index is 0.196. The third-order valence-corrected chi connectivity index (χ3v) is 4.30. The SMILES string of the molecule is CC(C)(C)[C@H](N)CN(Cc1ccsc1)C1CC1. The van der Waals surface area contributed by atoms with Gasteiger partial charge >= 0.3 is 0 Å². The van der Waals surface area contributed by atoms with E-state index >= 15 is 0 Å². The average molecular weight is 252 g/mol. The molecule has 0 saturated heterocycles. The van der Waals surface area contributed by atoms with Crippen LogP contribution in [-0.4, -0.2) is 23.5 Å². The van der Waals surface area contributed by atoms with Crippen molar-refractivity contribution in [3.63, 3.8) is 0 Å². The van der Waals surface area contributed by atoms with Gasteiger partial charge in [-0.25, -0.2) is 0 Å². The third kappa shape index (κ3) is 3.80. The van der Waals surface area contributed by atoms with Crippen LogP contribution in [0.2, 0.25) is 0 Å². The number of thiophene rings is 1. The molecular weight excluding hydrogens is 228 g/mol. The highest BCUT2D eigenvalue weighted by Crippen LogP contribution is 2.30. The highest BCUT2D eigenvalue weighted by atomic mass is 32.1. The maximum absolute atomic E-state index is 6.31. The fraction of sp³-hybridized carbons (Fsp3) is 0.714. The summed E-state index contributed by atoms with van der Waals surface area (Å²) in [4.78, 5) is 2.57. The quantitative estimate of drug-likeness (QED) is 0.872. The largest absolute Gasteiger partial charge is 0.326 e. The molecule has 1 atom stereocenters. The monoisotopic (exact) mass is 252 g/mol. The second-order valence-corrected chi connectivity index (χ2v) is 7.04. The van der Waals surface area contributed by atoms with Crippen molar-refractivity contribution < 1.29 is 0 Å². The molecule has 0 amide bonds. The smallest absolute Gasteiger partial charge is 0.0245 e. The topological polar surface area (TPSA) is 29.3 Å². The molecule has 0 aromatic carbocycles. The molecule has 2 N–H and O–H groups in total. The Labute approximate surface area is 109 Å². The van der Waals surface area contributed by atoms with E-state index in [0.717, 1.165) is 19.1 Å². The zero-order valence-corrected chi connectivity index (χ0v) is 12.0. The molecule has 96 valence electrons. The summed E-state index contributed by atoms with van der Waals surface area (Å²) in [5.41, 5.74) is 7.94. The molecule has 0 aliphatic heterocycles. The van der Waals surface area contributed by atoms with Gasteiger partial charge in [-0.1, -0.05) is 20.8 Å². The first-order valence-electron chi connectivity index (χ1n) is 6.47. The molecule has 17 heavy (non-hydrogen) atoms. The molecule has 0 radical (unpaired) electrons. The Balaban J connectivity index is 1.94. The molecule has 1 aliphatic rings. The van der Waals surface area contributed by atoms with Gasteiger partial charge in [-0.3, -0.25) is 4.90 Å². The van der Waals surface area contributed by atoms with E-state index in [4.69, 9.17) is 5.73 Å². The predicted molar refractivity (Wildman–Crippen MR) is 75.2 cm³/mol. The van der Waals surface area contributed by atoms with Gasteiger partial charge in [0.15, 0.2) is 0 Å². The van der Waals surface area contributed by atoms with Gasteiger partial charge in [0.05, 0.1) is 0 Å². The van der Waals surface area contributed by atoms with Crippen molar-refractivity contribution in [2.75, 3.05) is 6.54 Å². The first kappa shape index (κ1) is 13.1. The van der Waals surface area contributed by atoms with E-state index in [1.54, 1.807) is 11.3 Å². The van der Waals surface area contributed by atoms with E-state index in [2.05, 4.69) is 42.5 Å². The van der Waals surface area contributed by atoms with Gasteiger partial charge in [0.1, 0.15) is 0 Å². The Morgan fingerprint density at radius 3 is 2.65 bits per heavy atom. The van der Waals surface area contributed by atoms with Crippen LogP contribution in [0.4, 0.5) is 0 Å². The summed E-state index contributed by atoms with van der Waals surface area (Å²) >= 11 is 1.78. The molecule has 1 fully saturated rings.